The highest BCUT2D eigenvalue weighted by atomic mass is 16.5. The van der Waals surface area contributed by atoms with Crippen LogP contribution >= 0.6 is 0 Å². The molecule has 0 bridgehead atoms. The molecule has 1 atom stereocenters. The number of nitriles is 1. The summed E-state index contributed by atoms with van der Waals surface area (Å²) in [5, 5.41) is 12.5. The van der Waals surface area contributed by atoms with E-state index in [-0.39, 0.29) is 6.61 Å². The first-order chi connectivity index (χ1) is 9.58. The molecule has 0 saturated carbocycles. The maximum absolute atomic E-state index is 9.27. The lowest BCUT2D eigenvalue weighted by atomic mass is 10.1. The van der Waals surface area contributed by atoms with E-state index in [1.807, 2.05) is 25.1 Å². The van der Waals surface area contributed by atoms with Crippen molar-refractivity contribution in [3.05, 3.63) is 23.8 Å². The number of nitrogens with one attached hydrogen (secondary N) is 1. The van der Waals surface area contributed by atoms with Gasteiger partial charge in [-0.2, -0.15) is 5.26 Å². The highest BCUT2D eigenvalue weighted by Gasteiger charge is 2.24. The molecular formula is C16H24N2O2. The van der Waals surface area contributed by atoms with Crippen LogP contribution in [0.3, 0.4) is 0 Å². The van der Waals surface area contributed by atoms with Crippen molar-refractivity contribution in [3.8, 4) is 17.6 Å². The predicted molar refractivity (Wildman–Crippen MR) is 80.2 cm³/mol. The standard InChI is InChI=1S/C16H24N2O2/c1-5-9-18-16(3,11-17)12-20-14-8-7-13(6-2)10-15(14)19-4/h7-8,10,18H,5-6,9,12H2,1-4H3. The van der Waals surface area contributed by atoms with E-state index in [0.717, 1.165) is 19.4 Å². The summed E-state index contributed by atoms with van der Waals surface area (Å²) in [5.74, 6) is 1.38. The molecule has 0 aliphatic carbocycles. The normalized spacial score (nSPS) is 13.3. The lowest BCUT2D eigenvalue weighted by molar-refractivity contribution is 0.225. The zero-order valence-electron chi connectivity index (χ0n) is 12.8. The topological polar surface area (TPSA) is 54.3 Å². The fraction of sp³-hybridized carbons (Fsp3) is 0.562. The average Bonchev–Trinajstić information content (AvgIpc) is 2.50. The molecule has 0 aliphatic heterocycles. The SMILES string of the molecule is CCCNC(C)(C#N)COc1ccc(CC)cc1OC. The molecule has 20 heavy (non-hydrogen) atoms. The van der Waals surface area contributed by atoms with Crippen LogP contribution in [-0.4, -0.2) is 25.8 Å². The predicted octanol–water partition coefficient (Wildman–Crippen LogP) is 2.92. The van der Waals surface area contributed by atoms with Crippen LogP contribution in [0.15, 0.2) is 18.2 Å². The summed E-state index contributed by atoms with van der Waals surface area (Å²) in [5.41, 5.74) is 0.506. The Hall–Kier alpha value is -1.73. The lowest BCUT2D eigenvalue weighted by Crippen LogP contribution is -2.46. The van der Waals surface area contributed by atoms with Crippen molar-refractivity contribution in [2.45, 2.75) is 39.2 Å². The number of nitrogens with zero attached hydrogens (tertiary/aromatic N) is 1. The summed E-state index contributed by atoms with van der Waals surface area (Å²) in [4.78, 5) is 0. The van der Waals surface area contributed by atoms with Crippen LogP contribution in [0.5, 0.6) is 11.5 Å². The molecule has 110 valence electrons. The third-order valence-corrected chi connectivity index (χ3v) is 3.16. The van der Waals surface area contributed by atoms with Crippen LogP contribution < -0.4 is 14.8 Å². The Bertz CT molecular complexity index is 468. The summed E-state index contributed by atoms with van der Waals surface area (Å²) >= 11 is 0. The van der Waals surface area contributed by atoms with E-state index in [1.165, 1.54) is 5.56 Å². The van der Waals surface area contributed by atoms with E-state index in [4.69, 9.17) is 9.47 Å². The molecule has 1 N–H and O–H groups in total. The van der Waals surface area contributed by atoms with E-state index >= 15 is 0 Å². The second-order valence-electron chi connectivity index (χ2n) is 5.00. The summed E-state index contributed by atoms with van der Waals surface area (Å²) in [6, 6.07) is 8.15. The molecule has 1 rings (SSSR count). The van der Waals surface area contributed by atoms with Gasteiger partial charge in [-0.05, 0) is 44.0 Å². The van der Waals surface area contributed by atoms with Gasteiger partial charge in [-0.25, -0.2) is 0 Å². The number of aryl methyl sites for hydroxylation is 1. The Morgan fingerprint density at radius 1 is 1.30 bits per heavy atom. The van der Waals surface area contributed by atoms with Crippen LogP contribution in [0, 0.1) is 11.3 Å². The van der Waals surface area contributed by atoms with E-state index in [1.54, 1.807) is 7.11 Å². The Morgan fingerprint density at radius 2 is 2.05 bits per heavy atom. The van der Waals surface area contributed by atoms with Crippen LogP contribution in [0.4, 0.5) is 0 Å². The Balaban J connectivity index is 2.75. The molecule has 0 spiro atoms. The van der Waals surface area contributed by atoms with Gasteiger partial charge in [-0.3, -0.25) is 5.32 Å². The molecule has 0 aromatic heterocycles. The molecule has 0 radical (unpaired) electrons. The second-order valence-corrected chi connectivity index (χ2v) is 5.00. The van der Waals surface area contributed by atoms with E-state index in [9.17, 15) is 5.26 Å². The van der Waals surface area contributed by atoms with Gasteiger partial charge in [-0.15, -0.1) is 0 Å². The zero-order chi connectivity index (χ0) is 15.0. The first-order valence-electron chi connectivity index (χ1n) is 7.04. The van der Waals surface area contributed by atoms with Crippen molar-refractivity contribution in [1.29, 1.82) is 5.26 Å². The van der Waals surface area contributed by atoms with Crippen LogP contribution in [0.1, 0.15) is 32.8 Å². The van der Waals surface area contributed by atoms with Gasteiger partial charge in [0.05, 0.1) is 13.2 Å². The molecule has 1 unspecified atom stereocenters. The van der Waals surface area contributed by atoms with Crippen molar-refractivity contribution in [2.75, 3.05) is 20.3 Å². The third kappa shape index (κ3) is 4.43. The fourth-order valence-corrected chi connectivity index (χ4v) is 1.80. The number of methoxy groups -OCH3 is 1. The Kier molecular flexibility index (Phi) is 6.33. The van der Waals surface area contributed by atoms with Gasteiger partial charge in [0.2, 0.25) is 0 Å². The molecule has 0 amide bonds. The molecule has 4 nitrogen and oxygen atoms in total. The minimum absolute atomic E-state index is 0.283. The lowest BCUT2D eigenvalue weighted by Gasteiger charge is -2.24. The minimum atomic E-state index is -0.690. The highest BCUT2D eigenvalue weighted by molar-refractivity contribution is 5.43. The molecule has 4 heteroatoms. The third-order valence-electron chi connectivity index (χ3n) is 3.16. The molecule has 1 aromatic carbocycles. The van der Waals surface area contributed by atoms with Gasteiger partial charge in [0.1, 0.15) is 12.1 Å². The van der Waals surface area contributed by atoms with Crippen molar-refractivity contribution in [1.82, 2.24) is 5.32 Å². The number of benzene rings is 1. The van der Waals surface area contributed by atoms with Crippen molar-refractivity contribution in [2.24, 2.45) is 0 Å². The second kappa shape index (κ2) is 7.76. The molecule has 0 saturated heterocycles. The largest absolute Gasteiger partial charge is 0.493 e. The maximum Gasteiger partial charge on any atom is 0.161 e. The number of hydrogen-bond acceptors (Lipinski definition) is 4. The number of rotatable bonds is 8. The number of hydrogen-bond donors (Lipinski definition) is 1. The van der Waals surface area contributed by atoms with Crippen molar-refractivity contribution < 1.29 is 9.47 Å². The van der Waals surface area contributed by atoms with Crippen LogP contribution in [0.25, 0.3) is 0 Å². The first-order valence-corrected chi connectivity index (χ1v) is 7.04. The summed E-state index contributed by atoms with van der Waals surface area (Å²) in [6.45, 7) is 7.08. The van der Waals surface area contributed by atoms with Crippen LogP contribution in [-0.2, 0) is 6.42 Å². The quantitative estimate of drug-likeness (QED) is 0.793. The molecule has 0 heterocycles. The Morgan fingerprint density at radius 3 is 2.60 bits per heavy atom. The Labute approximate surface area is 121 Å². The van der Waals surface area contributed by atoms with Gasteiger partial charge in [-0.1, -0.05) is 19.9 Å². The fourth-order valence-electron chi connectivity index (χ4n) is 1.80. The summed E-state index contributed by atoms with van der Waals surface area (Å²) < 4.78 is 11.1. The number of ether oxygens (including phenoxy) is 2. The monoisotopic (exact) mass is 276 g/mol. The van der Waals surface area contributed by atoms with E-state index < -0.39 is 5.54 Å². The molecule has 1 aromatic rings. The zero-order valence-corrected chi connectivity index (χ0v) is 12.8. The van der Waals surface area contributed by atoms with E-state index in [0.29, 0.717) is 11.5 Å². The molecular weight excluding hydrogens is 252 g/mol. The van der Waals surface area contributed by atoms with Crippen molar-refractivity contribution in [3.63, 3.8) is 0 Å². The maximum atomic E-state index is 9.27. The van der Waals surface area contributed by atoms with Gasteiger partial charge >= 0.3 is 0 Å². The van der Waals surface area contributed by atoms with Gasteiger partial charge < -0.3 is 9.47 Å². The average molecular weight is 276 g/mol. The summed E-state index contributed by atoms with van der Waals surface area (Å²) in [6.07, 6.45) is 1.93. The molecule has 0 aliphatic rings. The van der Waals surface area contributed by atoms with E-state index in [2.05, 4.69) is 25.2 Å². The van der Waals surface area contributed by atoms with Gasteiger partial charge in [0.25, 0.3) is 0 Å². The van der Waals surface area contributed by atoms with Crippen molar-refractivity contribution >= 4 is 0 Å². The minimum Gasteiger partial charge on any atom is -0.493 e. The molecule has 0 fully saturated rings. The van der Waals surface area contributed by atoms with Crippen LogP contribution in [0.2, 0.25) is 0 Å². The van der Waals surface area contributed by atoms with Gasteiger partial charge in [0.15, 0.2) is 11.5 Å². The summed E-state index contributed by atoms with van der Waals surface area (Å²) in [7, 11) is 1.63. The first kappa shape index (κ1) is 16.3. The smallest absolute Gasteiger partial charge is 0.161 e. The highest BCUT2D eigenvalue weighted by Crippen LogP contribution is 2.28. The van der Waals surface area contributed by atoms with Gasteiger partial charge in [0, 0.05) is 0 Å².